The number of piperidine rings is 1. The average molecular weight is 730 g/mol. The molecule has 9 rings (SSSR count). The van der Waals surface area contributed by atoms with E-state index < -0.39 is 0 Å². The van der Waals surface area contributed by atoms with E-state index in [-0.39, 0.29) is 18.0 Å². The van der Waals surface area contributed by atoms with Gasteiger partial charge in [-0.2, -0.15) is 0 Å². The second-order valence-electron chi connectivity index (χ2n) is 15.5. The number of carbonyl (C=O) groups excluding carboxylic acids is 1. The fraction of sp³-hybridized carbons (Fsp3) is 0.488. The van der Waals surface area contributed by atoms with Crippen LogP contribution in [0.25, 0.3) is 5.00 Å². The molecule has 1 atom stereocenters. The van der Waals surface area contributed by atoms with Crippen molar-refractivity contribution in [1.29, 1.82) is 0 Å². The standard InChI is InChI=1S/C41H47N9O2S/c1-24-25(2)53-41-37(24)38(44-34(23-36-42-17-20-52-36)39-48-45-26(3)50(39)41)29-11-9-27(10-12-29)30-21-31(22-30)28-15-18-49(19-16-28)35-14-13-33(46-47-35)40(51)43-32-7-5-4-6-8-32/h9-14,17,20,28,30-32,34H,4-8,15-16,18-19,21-23H2,1-3H3,(H,43,51)/t30?,31?,34-/m0/s1. The maximum atomic E-state index is 12.7. The molecule has 0 bridgehead atoms. The molecule has 2 aliphatic heterocycles. The molecule has 3 fully saturated rings. The third-order valence-electron chi connectivity index (χ3n) is 12.3. The molecular weight excluding hydrogens is 683 g/mol. The molecule has 2 aliphatic carbocycles. The van der Waals surface area contributed by atoms with Crippen LogP contribution in [0.3, 0.4) is 0 Å². The fourth-order valence-electron chi connectivity index (χ4n) is 9.00. The molecule has 11 nitrogen and oxygen atoms in total. The predicted octanol–water partition coefficient (Wildman–Crippen LogP) is 7.64. The molecular formula is C41H47N9O2S. The summed E-state index contributed by atoms with van der Waals surface area (Å²) in [4.78, 5) is 26.1. The highest BCUT2D eigenvalue weighted by molar-refractivity contribution is 7.15. The quantitative estimate of drug-likeness (QED) is 0.173. The van der Waals surface area contributed by atoms with Crippen LogP contribution < -0.4 is 10.2 Å². The van der Waals surface area contributed by atoms with Crippen molar-refractivity contribution in [2.24, 2.45) is 16.8 Å². The molecule has 274 valence electrons. The van der Waals surface area contributed by atoms with E-state index in [2.05, 4.69) is 78.3 Å². The smallest absolute Gasteiger partial charge is 0.272 e. The zero-order valence-corrected chi connectivity index (χ0v) is 31.6. The van der Waals surface area contributed by atoms with E-state index in [1.807, 2.05) is 19.1 Å². The van der Waals surface area contributed by atoms with E-state index in [1.54, 1.807) is 23.8 Å². The second-order valence-corrected chi connectivity index (χ2v) is 16.7. The molecule has 0 radical (unpaired) electrons. The van der Waals surface area contributed by atoms with Gasteiger partial charge in [-0.3, -0.25) is 14.4 Å². The van der Waals surface area contributed by atoms with Crippen LogP contribution in [0, 0.1) is 32.6 Å². The highest BCUT2D eigenvalue weighted by atomic mass is 32.1. The SMILES string of the molecule is Cc1sc2c(c1C)C(c1ccc(C3CC(C4CCN(c5ccc(C(=O)NC6CCCCC6)nn5)CC4)C3)cc1)=N[C@@H](Cc1ncco1)c1nnc(C)n1-2. The van der Waals surface area contributed by atoms with Gasteiger partial charge in [-0.1, -0.05) is 43.5 Å². The van der Waals surface area contributed by atoms with Gasteiger partial charge in [0.2, 0.25) is 0 Å². The number of amides is 1. The van der Waals surface area contributed by atoms with E-state index in [0.29, 0.717) is 23.9 Å². The minimum absolute atomic E-state index is 0.0995. The molecule has 1 amide bonds. The Morgan fingerprint density at radius 1 is 0.906 bits per heavy atom. The van der Waals surface area contributed by atoms with Gasteiger partial charge in [0.25, 0.3) is 5.91 Å². The van der Waals surface area contributed by atoms with Crippen LogP contribution >= 0.6 is 11.3 Å². The first-order valence-electron chi connectivity index (χ1n) is 19.4. The van der Waals surface area contributed by atoms with Crippen LogP contribution in [-0.2, 0) is 6.42 Å². The van der Waals surface area contributed by atoms with Crippen LogP contribution in [0.15, 0.2) is 58.3 Å². The third-order valence-corrected chi connectivity index (χ3v) is 13.5. The van der Waals surface area contributed by atoms with Gasteiger partial charge in [-0.15, -0.1) is 31.7 Å². The molecule has 6 heterocycles. The summed E-state index contributed by atoms with van der Waals surface area (Å²) in [6.07, 6.45) is 14.4. The van der Waals surface area contributed by atoms with Crippen molar-refractivity contribution in [3.8, 4) is 5.00 Å². The molecule has 1 N–H and O–H groups in total. The predicted molar refractivity (Wildman–Crippen MR) is 205 cm³/mol. The average Bonchev–Trinajstić information content (AvgIpc) is 3.87. The van der Waals surface area contributed by atoms with Crippen LogP contribution in [0.1, 0.15) is 125 Å². The number of hydrogen-bond acceptors (Lipinski definition) is 10. The summed E-state index contributed by atoms with van der Waals surface area (Å²) in [5.41, 5.74) is 6.36. The van der Waals surface area contributed by atoms with Crippen molar-refractivity contribution in [3.63, 3.8) is 0 Å². The first-order valence-corrected chi connectivity index (χ1v) is 20.2. The number of fused-ring (bicyclic) bond motifs is 3. The van der Waals surface area contributed by atoms with E-state index >= 15 is 0 Å². The monoisotopic (exact) mass is 729 g/mol. The number of nitrogens with one attached hydrogen (secondary N) is 1. The molecule has 0 spiro atoms. The summed E-state index contributed by atoms with van der Waals surface area (Å²) < 4.78 is 7.84. The maximum Gasteiger partial charge on any atom is 0.272 e. The lowest BCUT2D eigenvalue weighted by Crippen LogP contribution is -2.40. The number of oxazole rings is 1. The first kappa shape index (κ1) is 34.1. The van der Waals surface area contributed by atoms with Crippen molar-refractivity contribution in [2.75, 3.05) is 18.0 Å². The molecule has 2 saturated carbocycles. The molecule has 1 aromatic carbocycles. The number of rotatable bonds is 8. The Kier molecular flexibility index (Phi) is 9.17. The van der Waals surface area contributed by atoms with Crippen LogP contribution in [-0.4, -0.2) is 60.7 Å². The van der Waals surface area contributed by atoms with E-state index in [0.717, 1.165) is 77.1 Å². The first-order chi connectivity index (χ1) is 25.9. The third kappa shape index (κ3) is 6.59. The molecule has 4 aliphatic rings. The zero-order chi connectivity index (χ0) is 36.1. The Balaban J connectivity index is 0.840. The molecule has 5 aromatic rings. The van der Waals surface area contributed by atoms with Gasteiger partial charge in [-0.05, 0) is 100 Å². The minimum atomic E-state index is -0.272. The number of hydrogen-bond donors (Lipinski definition) is 1. The second kappa shape index (κ2) is 14.3. The minimum Gasteiger partial charge on any atom is -0.449 e. The van der Waals surface area contributed by atoms with Crippen LogP contribution in [0.4, 0.5) is 5.82 Å². The Bertz CT molecular complexity index is 2100. The van der Waals surface area contributed by atoms with E-state index in [1.165, 1.54) is 60.9 Å². The lowest BCUT2D eigenvalue weighted by Gasteiger charge is -2.44. The van der Waals surface area contributed by atoms with Crippen molar-refractivity contribution < 1.29 is 9.21 Å². The molecule has 53 heavy (non-hydrogen) atoms. The Hall–Kier alpha value is -4.71. The summed E-state index contributed by atoms with van der Waals surface area (Å²) in [5, 5.41) is 22.1. The number of aryl methyl sites for hydroxylation is 2. The summed E-state index contributed by atoms with van der Waals surface area (Å²) in [7, 11) is 0. The van der Waals surface area contributed by atoms with Crippen LogP contribution in [0.2, 0.25) is 0 Å². The van der Waals surface area contributed by atoms with Crippen molar-refractivity contribution in [2.45, 2.75) is 103 Å². The van der Waals surface area contributed by atoms with Gasteiger partial charge in [0.05, 0.1) is 18.3 Å². The number of aliphatic imine (C=N–C) groups is 1. The number of carbonyl (C=O) groups is 1. The summed E-state index contributed by atoms with van der Waals surface area (Å²) in [6.45, 7) is 8.36. The largest absolute Gasteiger partial charge is 0.449 e. The van der Waals surface area contributed by atoms with Gasteiger partial charge in [-0.25, -0.2) is 4.98 Å². The molecule has 0 unspecified atom stereocenters. The van der Waals surface area contributed by atoms with Crippen molar-refractivity contribution in [1.82, 2.24) is 35.3 Å². The number of anilines is 1. The van der Waals surface area contributed by atoms with Gasteiger partial charge in [0.1, 0.15) is 23.1 Å². The molecule has 12 heteroatoms. The Labute approximate surface area is 314 Å². The van der Waals surface area contributed by atoms with Gasteiger partial charge >= 0.3 is 0 Å². The maximum absolute atomic E-state index is 12.7. The summed E-state index contributed by atoms with van der Waals surface area (Å²) in [6, 6.07) is 13.0. The highest BCUT2D eigenvalue weighted by Crippen LogP contribution is 2.48. The Morgan fingerprint density at radius 2 is 1.70 bits per heavy atom. The van der Waals surface area contributed by atoms with E-state index in [9.17, 15) is 4.79 Å². The molecule has 4 aromatic heterocycles. The normalized spacial score (nSPS) is 22.1. The lowest BCUT2D eigenvalue weighted by atomic mass is 9.64. The van der Waals surface area contributed by atoms with Crippen molar-refractivity contribution >= 4 is 28.8 Å². The Morgan fingerprint density at radius 3 is 2.42 bits per heavy atom. The fourth-order valence-corrected chi connectivity index (χ4v) is 10.2. The van der Waals surface area contributed by atoms with E-state index in [4.69, 9.17) is 9.41 Å². The highest BCUT2D eigenvalue weighted by Gasteiger charge is 2.38. The van der Waals surface area contributed by atoms with Gasteiger partial charge in [0, 0.05) is 35.1 Å². The van der Waals surface area contributed by atoms with Gasteiger partial charge < -0.3 is 14.6 Å². The van der Waals surface area contributed by atoms with Crippen molar-refractivity contribution in [3.05, 3.63) is 99.2 Å². The number of aromatic nitrogens is 6. The summed E-state index contributed by atoms with van der Waals surface area (Å²) in [5.74, 6) is 5.19. The number of nitrogens with zero attached hydrogens (tertiary/aromatic N) is 8. The summed E-state index contributed by atoms with van der Waals surface area (Å²) >= 11 is 1.78. The zero-order valence-electron chi connectivity index (χ0n) is 30.8. The van der Waals surface area contributed by atoms with Gasteiger partial charge in [0.15, 0.2) is 23.2 Å². The lowest BCUT2D eigenvalue weighted by molar-refractivity contribution is 0.0921. The number of thiophene rings is 1. The van der Waals surface area contributed by atoms with Crippen LogP contribution in [0.5, 0.6) is 0 Å². The topological polar surface area (TPSA) is 127 Å². The molecule has 1 saturated heterocycles. The number of benzene rings is 1.